The first kappa shape index (κ1) is 20.1. The molecule has 0 atom stereocenters. The fraction of sp³-hybridized carbons (Fsp3) is 0.208. The van der Waals surface area contributed by atoms with Crippen LogP contribution >= 0.6 is 22.9 Å². The van der Waals surface area contributed by atoms with Gasteiger partial charge in [0.15, 0.2) is 0 Å². The number of nitrogens with zero attached hydrogens (tertiary/aromatic N) is 4. The number of fused-ring (bicyclic) bond motifs is 1. The zero-order valence-corrected chi connectivity index (χ0v) is 18.4. The first-order valence-electron chi connectivity index (χ1n) is 10.2. The number of hydrogen-bond donors (Lipinski definition) is 0. The number of pyridine rings is 2. The fourth-order valence-corrected chi connectivity index (χ4v) is 4.96. The Morgan fingerprint density at radius 3 is 2.52 bits per heavy atom. The van der Waals surface area contributed by atoms with Crippen LogP contribution in [0.25, 0.3) is 21.5 Å². The number of thiophene rings is 1. The van der Waals surface area contributed by atoms with Crippen LogP contribution in [0.3, 0.4) is 0 Å². The molecule has 0 spiro atoms. The van der Waals surface area contributed by atoms with Gasteiger partial charge in [-0.2, -0.15) is 0 Å². The van der Waals surface area contributed by atoms with E-state index < -0.39 is 0 Å². The van der Waals surface area contributed by atoms with Crippen molar-refractivity contribution < 1.29 is 4.79 Å². The lowest BCUT2D eigenvalue weighted by Crippen LogP contribution is -2.48. The number of para-hydroxylation sites is 1. The van der Waals surface area contributed by atoms with Gasteiger partial charge in [-0.05, 0) is 42.0 Å². The molecule has 0 saturated carbocycles. The van der Waals surface area contributed by atoms with Crippen molar-refractivity contribution in [2.45, 2.75) is 6.54 Å². The van der Waals surface area contributed by atoms with Gasteiger partial charge in [-0.1, -0.05) is 29.8 Å². The highest BCUT2D eigenvalue weighted by molar-refractivity contribution is 7.19. The number of piperazine rings is 1. The third-order valence-electron chi connectivity index (χ3n) is 5.59. The van der Waals surface area contributed by atoms with Crippen molar-refractivity contribution in [3.63, 3.8) is 0 Å². The van der Waals surface area contributed by atoms with Gasteiger partial charge >= 0.3 is 0 Å². The molecule has 3 aromatic heterocycles. The second kappa shape index (κ2) is 8.75. The average Bonchev–Trinajstić information content (AvgIpc) is 3.25. The first-order valence-corrected chi connectivity index (χ1v) is 11.4. The zero-order chi connectivity index (χ0) is 21.2. The van der Waals surface area contributed by atoms with E-state index in [1.54, 1.807) is 0 Å². The maximum atomic E-state index is 13.5. The molecule has 156 valence electrons. The molecule has 0 N–H and O–H groups in total. The minimum Gasteiger partial charge on any atom is -0.336 e. The Bertz CT molecular complexity index is 1220. The average molecular weight is 449 g/mol. The van der Waals surface area contributed by atoms with Gasteiger partial charge in [0, 0.05) is 50.5 Å². The Hall–Kier alpha value is -2.80. The van der Waals surface area contributed by atoms with E-state index >= 15 is 0 Å². The largest absolute Gasteiger partial charge is 0.336 e. The molecule has 5 rings (SSSR count). The number of aromatic nitrogens is 2. The highest BCUT2D eigenvalue weighted by Gasteiger charge is 2.24. The molecule has 5 nitrogen and oxygen atoms in total. The summed E-state index contributed by atoms with van der Waals surface area (Å²) in [5.41, 5.74) is 3.56. The van der Waals surface area contributed by atoms with Gasteiger partial charge in [-0.25, -0.2) is 4.98 Å². The van der Waals surface area contributed by atoms with Gasteiger partial charge in [-0.15, -0.1) is 11.3 Å². The number of amides is 1. The van der Waals surface area contributed by atoms with Gasteiger partial charge in [0.05, 0.1) is 26.0 Å². The molecule has 0 unspecified atom stereocenters. The van der Waals surface area contributed by atoms with Crippen LogP contribution in [-0.4, -0.2) is 51.9 Å². The van der Waals surface area contributed by atoms with E-state index in [0.717, 1.165) is 41.1 Å². The Labute approximate surface area is 189 Å². The molecule has 0 aliphatic carbocycles. The summed E-state index contributed by atoms with van der Waals surface area (Å²) in [4.78, 5) is 27.7. The Balaban J connectivity index is 1.38. The third-order valence-corrected chi connectivity index (χ3v) is 6.84. The van der Waals surface area contributed by atoms with E-state index in [9.17, 15) is 4.79 Å². The minimum atomic E-state index is 0.0612. The number of hydrogen-bond acceptors (Lipinski definition) is 5. The molecular weight excluding hydrogens is 428 g/mol. The normalized spacial score (nSPS) is 14.8. The number of halogens is 1. The van der Waals surface area contributed by atoms with Crippen LogP contribution in [0.15, 0.2) is 67.0 Å². The zero-order valence-electron chi connectivity index (χ0n) is 16.9. The summed E-state index contributed by atoms with van der Waals surface area (Å²) in [6.45, 7) is 4.00. The van der Waals surface area contributed by atoms with Crippen molar-refractivity contribution in [1.29, 1.82) is 0 Å². The standard InChI is InChI=1S/C24H21ClN4OS/c25-23-6-5-22(31-23)21-15-19(18-3-1-2-4-20(18)27-21)24(30)29-13-11-28(12-14-29)16-17-7-9-26-10-8-17/h1-10,15H,11-14,16H2. The molecule has 0 bridgehead atoms. The predicted molar refractivity (Wildman–Crippen MR) is 125 cm³/mol. The summed E-state index contributed by atoms with van der Waals surface area (Å²) < 4.78 is 0.711. The van der Waals surface area contributed by atoms with Crippen LogP contribution in [0, 0.1) is 0 Å². The minimum absolute atomic E-state index is 0.0612. The fourth-order valence-electron chi connectivity index (χ4n) is 3.96. The summed E-state index contributed by atoms with van der Waals surface area (Å²) in [6.07, 6.45) is 3.64. The van der Waals surface area contributed by atoms with Crippen LogP contribution < -0.4 is 0 Å². The molecule has 1 aromatic carbocycles. The second-order valence-electron chi connectivity index (χ2n) is 7.60. The molecule has 4 aromatic rings. The number of carbonyl (C=O) groups excluding carboxylic acids is 1. The van der Waals surface area contributed by atoms with E-state index in [2.05, 4.69) is 9.88 Å². The van der Waals surface area contributed by atoms with E-state index in [4.69, 9.17) is 16.6 Å². The maximum absolute atomic E-state index is 13.5. The van der Waals surface area contributed by atoms with Gasteiger partial charge in [0.1, 0.15) is 0 Å². The summed E-state index contributed by atoms with van der Waals surface area (Å²) in [6, 6.07) is 17.6. The molecule has 0 radical (unpaired) electrons. The lowest BCUT2D eigenvalue weighted by Gasteiger charge is -2.35. The van der Waals surface area contributed by atoms with Gasteiger partial charge < -0.3 is 4.90 Å². The van der Waals surface area contributed by atoms with Crippen molar-refractivity contribution in [1.82, 2.24) is 19.8 Å². The number of rotatable bonds is 4. The van der Waals surface area contributed by atoms with E-state index in [1.165, 1.54) is 16.9 Å². The molecule has 1 amide bonds. The Morgan fingerprint density at radius 2 is 1.77 bits per heavy atom. The van der Waals surface area contributed by atoms with Crippen molar-refractivity contribution in [2.24, 2.45) is 0 Å². The molecule has 7 heteroatoms. The van der Waals surface area contributed by atoms with Crippen LogP contribution in [0.2, 0.25) is 4.34 Å². The van der Waals surface area contributed by atoms with Crippen LogP contribution in [-0.2, 0) is 6.54 Å². The Morgan fingerprint density at radius 1 is 1.00 bits per heavy atom. The summed E-state index contributed by atoms with van der Waals surface area (Å²) in [5.74, 6) is 0.0612. The van der Waals surface area contributed by atoms with Crippen LogP contribution in [0.1, 0.15) is 15.9 Å². The van der Waals surface area contributed by atoms with Crippen LogP contribution in [0.4, 0.5) is 0 Å². The molecule has 31 heavy (non-hydrogen) atoms. The smallest absolute Gasteiger partial charge is 0.254 e. The molecule has 1 aliphatic heterocycles. The Kier molecular flexibility index (Phi) is 5.68. The number of benzene rings is 1. The SMILES string of the molecule is O=C(c1cc(-c2ccc(Cl)s2)nc2ccccc12)N1CCN(Cc2ccncc2)CC1. The highest BCUT2D eigenvalue weighted by Crippen LogP contribution is 2.32. The van der Waals surface area contributed by atoms with Crippen molar-refractivity contribution in [2.75, 3.05) is 26.2 Å². The van der Waals surface area contributed by atoms with E-state index in [-0.39, 0.29) is 5.91 Å². The van der Waals surface area contributed by atoms with Crippen molar-refractivity contribution in [3.05, 3.63) is 82.5 Å². The van der Waals surface area contributed by atoms with E-state index in [1.807, 2.05) is 71.9 Å². The topological polar surface area (TPSA) is 49.3 Å². The van der Waals surface area contributed by atoms with Gasteiger partial charge in [0.2, 0.25) is 0 Å². The van der Waals surface area contributed by atoms with Crippen LogP contribution in [0.5, 0.6) is 0 Å². The van der Waals surface area contributed by atoms with Crippen molar-refractivity contribution in [3.8, 4) is 10.6 Å². The van der Waals surface area contributed by atoms with E-state index in [0.29, 0.717) is 23.0 Å². The lowest BCUT2D eigenvalue weighted by molar-refractivity contribution is 0.0630. The summed E-state index contributed by atoms with van der Waals surface area (Å²) >= 11 is 7.61. The van der Waals surface area contributed by atoms with Gasteiger partial charge in [-0.3, -0.25) is 14.7 Å². The second-order valence-corrected chi connectivity index (χ2v) is 9.31. The number of carbonyl (C=O) groups is 1. The first-order chi connectivity index (χ1) is 15.2. The summed E-state index contributed by atoms with van der Waals surface area (Å²) in [5, 5.41) is 0.887. The molecule has 1 fully saturated rings. The predicted octanol–water partition coefficient (Wildman–Crippen LogP) is 4.97. The highest BCUT2D eigenvalue weighted by atomic mass is 35.5. The quantitative estimate of drug-likeness (QED) is 0.442. The van der Waals surface area contributed by atoms with Gasteiger partial charge in [0.25, 0.3) is 5.91 Å². The molecule has 4 heterocycles. The summed E-state index contributed by atoms with van der Waals surface area (Å²) in [7, 11) is 0. The monoisotopic (exact) mass is 448 g/mol. The molecular formula is C24H21ClN4OS. The molecule has 1 aliphatic rings. The maximum Gasteiger partial charge on any atom is 0.254 e. The van der Waals surface area contributed by atoms with Crippen molar-refractivity contribution >= 4 is 39.7 Å². The molecule has 1 saturated heterocycles. The third kappa shape index (κ3) is 4.32. The lowest BCUT2D eigenvalue weighted by atomic mass is 10.1.